The zero-order valence-corrected chi connectivity index (χ0v) is 14.7. The van der Waals surface area contributed by atoms with Crippen LogP contribution in [0.25, 0.3) is 27.9 Å². The first-order valence-electron chi connectivity index (χ1n) is 8.54. The number of hydrogen-bond acceptors (Lipinski definition) is 5. The summed E-state index contributed by atoms with van der Waals surface area (Å²) in [5.41, 5.74) is 2.59. The van der Waals surface area contributed by atoms with E-state index < -0.39 is 0 Å². The minimum atomic E-state index is 0.657. The molecule has 1 fully saturated rings. The second kappa shape index (κ2) is 6.23. The first kappa shape index (κ1) is 15.5. The number of nitrogens with zero attached hydrogens (tertiary/aromatic N) is 5. The van der Waals surface area contributed by atoms with Gasteiger partial charge in [0, 0.05) is 29.1 Å². The van der Waals surface area contributed by atoms with Crippen LogP contribution in [0.5, 0.6) is 0 Å². The Hall–Kier alpha value is -2.70. The average molecular weight is 366 g/mol. The molecule has 0 spiro atoms. The number of ether oxygens (including phenoxy) is 1. The second-order valence-electron chi connectivity index (χ2n) is 6.21. The summed E-state index contributed by atoms with van der Waals surface area (Å²) >= 11 is 6.22. The molecule has 0 bridgehead atoms. The van der Waals surface area contributed by atoms with Crippen LogP contribution in [0.1, 0.15) is 0 Å². The van der Waals surface area contributed by atoms with Gasteiger partial charge in [-0.1, -0.05) is 41.9 Å². The van der Waals surface area contributed by atoms with Crippen LogP contribution in [0, 0.1) is 0 Å². The molecular formula is C19H16ClN5O. The first-order chi connectivity index (χ1) is 12.8. The van der Waals surface area contributed by atoms with E-state index >= 15 is 0 Å². The van der Waals surface area contributed by atoms with Crippen LogP contribution in [0.3, 0.4) is 0 Å². The zero-order chi connectivity index (χ0) is 17.5. The molecule has 0 atom stereocenters. The molecule has 130 valence electrons. The van der Waals surface area contributed by atoms with Crippen molar-refractivity contribution in [3.8, 4) is 11.4 Å². The number of benzene rings is 2. The van der Waals surface area contributed by atoms with Gasteiger partial charge >= 0.3 is 0 Å². The fourth-order valence-electron chi connectivity index (χ4n) is 3.24. The monoisotopic (exact) mass is 365 g/mol. The highest BCUT2D eigenvalue weighted by Gasteiger charge is 2.20. The molecule has 2 aromatic heterocycles. The van der Waals surface area contributed by atoms with E-state index in [-0.39, 0.29) is 0 Å². The van der Waals surface area contributed by atoms with Crippen LogP contribution in [0.15, 0.2) is 48.5 Å². The third kappa shape index (κ3) is 2.58. The Morgan fingerprint density at radius 1 is 0.962 bits per heavy atom. The molecule has 6 nitrogen and oxygen atoms in total. The molecule has 0 unspecified atom stereocenters. The van der Waals surface area contributed by atoms with Crippen molar-refractivity contribution in [2.75, 3.05) is 31.2 Å². The van der Waals surface area contributed by atoms with Crippen molar-refractivity contribution in [3.63, 3.8) is 0 Å². The molecule has 5 rings (SSSR count). The lowest BCUT2D eigenvalue weighted by Gasteiger charge is -2.27. The molecule has 0 aliphatic carbocycles. The molecule has 1 aliphatic heterocycles. The van der Waals surface area contributed by atoms with E-state index in [9.17, 15) is 0 Å². The van der Waals surface area contributed by atoms with Gasteiger partial charge in [-0.15, -0.1) is 5.10 Å². The fourth-order valence-corrected chi connectivity index (χ4v) is 3.42. The molecule has 7 heteroatoms. The van der Waals surface area contributed by atoms with Crippen molar-refractivity contribution in [1.29, 1.82) is 0 Å². The maximum Gasteiger partial charge on any atom is 0.229 e. The van der Waals surface area contributed by atoms with Crippen molar-refractivity contribution >= 4 is 34.1 Å². The Morgan fingerprint density at radius 2 is 1.77 bits per heavy atom. The molecule has 2 aromatic carbocycles. The van der Waals surface area contributed by atoms with Crippen molar-refractivity contribution in [1.82, 2.24) is 19.6 Å². The van der Waals surface area contributed by atoms with Crippen molar-refractivity contribution in [3.05, 3.63) is 53.6 Å². The zero-order valence-electron chi connectivity index (χ0n) is 14.0. The summed E-state index contributed by atoms with van der Waals surface area (Å²) < 4.78 is 7.30. The number of aromatic nitrogens is 4. The molecule has 0 saturated carbocycles. The topological polar surface area (TPSA) is 55.6 Å². The Balaban J connectivity index is 1.79. The van der Waals surface area contributed by atoms with Crippen LogP contribution in [-0.2, 0) is 4.74 Å². The number of morpholine rings is 1. The third-order valence-corrected chi connectivity index (χ3v) is 4.78. The molecule has 1 saturated heterocycles. The molecule has 4 aromatic rings. The quantitative estimate of drug-likeness (QED) is 0.544. The summed E-state index contributed by atoms with van der Waals surface area (Å²) in [6.45, 7) is 2.92. The number of hydrogen-bond donors (Lipinski definition) is 0. The Labute approximate surface area is 155 Å². The highest BCUT2D eigenvalue weighted by Crippen LogP contribution is 2.28. The molecule has 0 radical (unpaired) electrons. The summed E-state index contributed by atoms with van der Waals surface area (Å²) in [6, 6.07) is 15.6. The average Bonchev–Trinajstić information content (AvgIpc) is 3.15. The highest BCUT2D eigenvalue weighted by atomic mass is 35.5. The van der Waals surface area contributed by atoms with Gasteiger partial charge in [0.15, 0.2) is 11.5 Å². The van der Waals surface area contributed by atoms with Crippen LogP contribution in [0.4, 0.5) is 5.95 Å². The summed E-state index contributed by atoms with van der Waals surface area (Å²) in [4.78, 5) is 11.8. The second-order valence-corrected chi connectivity index (χ2v) is 6.65. The minimum Gasteiger partial charge on any atom is -0.378 e. The summed E-state index contributed by atoms with van der Waals surface area (Å²) in [6.07, 6.45) is 0. The van der Waals surface area contributed by atoms with E-state index in [0.717, 1.165) is 41.2 Å². The number of halogens is 1. The van der Waals surface area contributed by atoms with Gasteiger partial charge in [0.2, 0.25) is 5.95 Å². The Morgan fingerprint density at radius 3 is 2.58 bits per heavy atom. The van der Waals surface area contributed by atoms with Gasteiger partial charge in [0.05, 0.1) is 18.7 Å². The Bertz CT molecular complexity index is 1090. The largest absolute Gasteiger partial charge is 0.378 e. The number of rotatable bonds is 2. The van der Waals surface area contributed by atoms with E-state index in [4.69, 9.17) is 31.4 Å². The van der Waals surface area contributed by atoms with E-state index in [2.05, 4.69) is 4.90 Å². The SMILES string of the molecule is Clc1ccc2nc(N3CCOCC3)n3nc(-c4ccccc4)nc3c2c1. The van der Waals surface area contributed by atoms with Gasteiger partial charge in [-0.05, 0) is 18.2 Å². The van der Waals surface area contributed by atoms with Crippen LogP contribution in [-0.4, -0.2) is 45.9 Å². The van der Waals surface area contributed by atoms with Gasteiger partial charge in [0.25, 0.3) is 0 Å². The van der Waals surface area contributed by atoms with Crippen LogP contribution >= 0.6 is 11.6 Å². The van der Waals surface area contributed by atoms with E-state index in [0.29, 0.717) is 24.1 Å². The molecule has 0 amide bonds. The maximum absolute atomic E-state index is 6.22. The van der Waals surface area contributed by atoms with Gasteiger partial charge in [-0.25, -0.2) is 9.97 Å². The van der Waals surface area contributed by atoms with Crippen LogP contribution in [0.2, 0.25) is 5.02 Å². The van der Waals surface area contributed by atoms with Gasteiger partial charge < -0.3 is 9.64 Å². The lowest BCUT2D eigenvalue weighted by Crippen LogP contribution is -2.38. The third-order valence-electron chi connectivity index (χ3n) is 4.54. The van der Waals surface area contributed by atoms with Crippen molar-refractivity contribution in [2.24, 2.45) is 0 Å². The molecule has 26 heavy (non-hydrogen) atoms. The van der Waals surface area contributed by atoms with Crippen molar-refractivity contribution in [2.45, 2.75) is 0 Å². The lowest BCUT2D eigenvalue weighted by molar-refractivity contribution is 0.122. The van der Waals surface area contributed by atoms with E-state index in [1.54, 1.807) is 0 Å². The Kier molecular flexibility index (Phi) is 3.72. The predicted molar refractivity (Wildman–Crippen MR) is 102 cm³/mol. The highest BCUT2D eigenvalue weighted by molar-refractivity contribution is 6.31. The standard InChI is InChI=1S/C19H16ClN5O/c20-14-6-7-16-15(12-14)18-22-17(13-4-2-1-3-5-13)23-25(18)19(21-16)24-8-10-26-11-9-24/h1-7,12H,8-11H2. The molecular weight excluding hydrogens is 350 g/mol. The number of anilines is 1. The van der Waals surface area contributed by atoms with Gasteiger partial charge in [-0.2, -0.15) is 4.52 Å². The van der Waals surface area contributed by atoms with E-state index in [1.165, 1.54) is 0 Å². The lowest BCUT2D eigenvalue weighted by atomic mass is 10.2. The molecule has 3 heterocycles. The van der Waals surface area contributed by atoms with Gasteiger partial charge in [0.1, 0.15) is 0 Å². The maximum atomic E-state index is 6.22. The predicted octanol–water partition coefficient (Wildman–Crippen LogP) is 3.43. The van der Waals surface area contributed by atoms with E-state index in [1.807, 2.05) is 53.0 Å². The smallest absolute Gasteiger partial charge is 0.229 e. The van der Waals surface area contributed by atoms with Crippen LogP contribution < -0.4 is 4.90 Å². The van der Waals surface area contributed by atoms with Gasteiger partial charge in [-0.3, -0.25) is 0 Å². The molecule has 1 aliphatic rings. The normalized spacial score (nSPS) is 15.0. The number of fused-ring (bicyclic) bond motifs is 3. The molecule has 0 N–H and O–H groups in total. The summed E-state index contributed by atoms with van der Waals surface area (Å²) in [7, 11) is 0. The fraction of sp³-hybridized carbons (Fsp3) is 0.211. The van der Waals surface area contributed by atoms with Crippen molar-refractivity contribution < 1.29 is 4.74 Å². The first-order valence-corrected chi connectivity index (χ1v) is 8.91. The minimum absolute atomic E-state index is 0.657. The summed E-state index contributed by atoms with van der Waals surface area (Å²) in [5.74, 6) is 1.46. The summed E-state index contributed by atoms with van der Waals surface area (Å²) in [5, 5.41) is 6.31.